The number of hydrogen-bond acceptors (Lipinski definition) is 3. The van der Waals surface area contributed by atoms with E-state index in [0.29, 0.717) is 24.2 Å². The molecule has 2 aliphatic carbocycles. The second-order valence-electron chi connectivity index (χ2n) is 5.26. The standard InChI is InChI=1S/C13H22O3/c1-3-4-5-15-12-10-6-9(2)11(7-10)13(12)16-8-14/h8-13H,3-7H2,1-2H3. The van der Waals surface area contributed by atoms with Crippen LogP contribution in [0.3, 0.4) is 0 Å². The van der Waals surface area contributed by atoms with Crippen LogP contribution in [0.5, 0.6) is 0 Å². The van der Waals surface area contributed by atoms with Gasteiger partial charge < -0.3 is 9.47 Å². The largest absolute Gasteiger partial charge is 0.461 e. The predicted octanol–water partition coefficient (Wildman–Crippen LogP) is 2.39. The number of hydrogen-bond donors (Lipinski definition) is 0. The molecule has 0 aliphatic heterocycles. The van der Waals surface area contributed by atoms with E-state index in [0.717, 1.165) is 19.4 Å². The molecule has 0 heterocycles. The smallest absolute Gasteiger partial charge is 0.293 e. The Balaban J connectivity index is 1.92. The molecule has 16 heavy (non-hydrogen) atoms. The molecule has 0 aromatic heterocycles. The van der Waals surface area contributed by atoms with E-state index in [2.05, 4.69) is 13.8 Å². The Labute approximate surface area is 97.5 Å². The summed E-state index contributed by atoms with van der Waals surface area (Å²) in [6, 6.07) is 0. The van der Waals surface area contributed by atoms with Gasteiger partial charge >= 0.3 is 0 Å². The minimum atomic E-state index is 0.0168. The van der Waals surface area contributed by atoms with E-state index in [9.17, 15) is 4.79 Å². The van der Waals surface area contributed by atoms with Crippen LogP contribution in [0.15, 0.2) is 0 Å². The molecule has 2 rings (SSSR count). The number of carbonyl (C=O) groups excluding carboxylic acids is 1. The molecule has 0 spiro atoms. The summed E-state index contributed by atoms with van der Waals surface area (Å²) in [7, 11) is 0. The lowest BCUT2D eigenvalue weighted by atomic mass is 9.86. The Morgan fingerprint density at radius 2 is 2.12 bits per heavy atom. The Morgan fingerprint density at radius 1 is 1.31 bits per heavy atom. The van der Waals surface area contributed by atoms with E-state index in [1.54, 1.807) is 0 Å². The summed E-state index contributed by atoms with van der Waals surface area (Å²) in [5, 5.41) is 0. The van der Waals surface area contributed by atoms with Crippen LogP contribution in [-0.2, 0) is 14.3 Å². The van der Waals surface area contributed by atoms with Crippen LogP contribution in [-0.4, -0.2) is 25.3 Å². The van der Waals surface area contributed by atoms with Gasteiger partial charge in [-0.1, -0.05) is 20.3 Å². The van der Waals surface area contributed by atoms with Gasteiger partial charge in [0.1, 0.15) is 6.10 Å². The van der Waals surface area contributed by atoms with Crippen molar-refractivity contribution in [3.63, 3.8) is 0 Å². The van der Waals surface area contributed by atoms with Crippen LogP contribution in [0.25, 0.3) is 0 Å². The molecule has 3 heteroatoms. The van der Waals surface area contributed by atoms with Crippen molar-refractivity contribution in [3.8, 4) is 0 Å². The third-order valence-corrected chi connectivity index (χ3v) is 4.21. The van der Waals surface area contributed by atoms with Crippen molar-refractivity contribution < 1.29 is 14.3 Å². The van der Waals surface area contributed by atoms with E-state index >= 15 is 0 Å². The van der Waals surface area contributed by atoms with Crippen molar-refractivity contribution in [1.29, 1.82) is 0 Å². The Bertz CT molecular complexity index is 241. The van der Waals surface area contributed by atoms with Gasteiger partial charge in [0.25, 0.3) is 6.47 Å². The first-order chi connectivity index (χ1) is 7.77. The summed E-state index contributed by atoms with van der Waals surface area (Å²) in [5.74, 6) is 1.82. The Kier molecular flexibility index (Phi) is 3.85. The summed E-state index contributed by atoms with van der Waals surface area (Å²) >= 11 is 0. The van der Waals surface area contributed by atoms with Crippen molar-refractivity contribution in [2.45, 2.75) is 51.7 Å². The minimum absolute atomic E-state index is 0.0168. The first-order valence-corrected chi connectivity index (χ1v) is 6.48. The molecule has 5 atom stereocenters. The molecule has 2 aliphatic rings. The lowest BCUT2D eigenvalue weighted by Gasteiger charge is -2.32. The van der Waals surface area contributed by atoms with Gasteiger partial charge in [-0.15, -0.1) is 0 Å². The minimum Gasteiger partial charge on any atom is -0.461 e. The van der Waals surface area contributed by atoms with E-state index in [1.165, 1.54) is 12.8 Å². The van der Waals surface area contributed by atoms with Gasteiger partial charge in [-0.25, -0.2) is 0 Å². The van der Waals surface area contributed by atoms with Crippen LogP contribution in [0, 0.1) is 17.8 Å². The van der Waals surface area contributed by atoms with Crippen LogP contribution in [0.2, 0.25) is 0 Å². The SMILES string of the molecule is CCCCOC1C2CC(C)C(C2)C1OC=O. The van der Waals surface area contributed by atoms with Crippen LogP contribution in [0.1, 0.15) is 39.5 Å². The lowest BCUT2D eigenvalue weighted by Crippen LogP contribution is -2.40. The maximum Gasteiger partial charge on any atom is 0.293 e. The average molecular weight is 226 g/mol. The fourth-order valence-corrected chi connectivity index (χ4v) is 3.41. The molecule has 0 saturated heterocycles. The molecule has 0 radical (unpaired) electrons. The van der Waals surface area contributed by atoms with Gasteiger partial charge in [0.2, 0.25) is 0 Å². The van der Waals surface area contributed by atoms with E-state index < -0.39 is 0 Å². The van der Waals surface area contributed by atoms with Gasteiger partial charge in [-0.05, 0) is 31.1 Å². The second-order valence-corrected chi connectivity index (χ2v) is 5.26. The fraction of sp³-hybridized carbons (Fsp3) is 0.923. The number of ether oxygens (including phenoxy) is 2. The van der Waals surface area contributed by atoms with Crippen molar-refractivity contribution in [2.24, 2.45) is 17.8 Å². The molecule has 0 amide bonds. The highest BCUT2D eigenvalue weighted by atomic mass is 16.6. The van der Waals surface area contributed by atoms with Crippen LogP contribution in [0.4, 0.5) is 0 Å². The maximum absolute atomic E-state index is 10.5. The molecule has 2 fully saturated rings. The number of fused-ring (bicyclic) bond motifs is 2. The molecule has 0 N–H and O–H groups in total. The maximum atomic E-state index is 10.5. The Hall–Kier alpha value is -0.570. The summed E-state index contributed by atoms with van der Waals surface area (Å²) < 4.78 is 11.2. The summed E-state index contributed by atoms with van der Waals surface area (Å²) in [4.78, 5) is 10.5. The first-order valence-electron chi connectivity index (χ1n) is 6.48. The summed E-state index contributed by atoms with van der Waals surface area (Å²) in [6.07, 6.45) is 4.84. The lowest BCUT2D eigenvalue weighted by molar-refractivity contribution is -0.149. The quantitative estimate of drug-likeness (QED) is 0.515. The molecule has 0 aromatic carbocycles. The van der Waals surface area contributed by atoms with Crippen molar-refractivity contribution >= 4 is 6.47 Å². The zero-order valence-corrected chi connectivity index (χ0v) is 10.2. The zero-order chi connectivity index (χ0) is 11.5. The van der Waals surface area contributed by atoms with E-state index in [4.69, 9.17) is 9.47 Å². The molecule has 5 unspecified atom stereocenters. The first kappa shape index (κ1) is 11.9. The molecular formula is C13H22O3. The normalized spacial score (nSPS) is 41.2. The topological polar surface area (TPSA) is 35.5 Å². The van der Waals surface area contributed by atoms with Gasteiger partial charge in [0.15, 0.2) is 0 Å². The van der Waals surface area contributed by atoms with Crippen molar-refractivity contribution in [3.05, 3.63) is 0 Å². The van der Waals surface area contributed by atoms with Gasteiger partial charge in [-0.2, -0.15) is 0 Å². The van der Waals surface area contributed by atoms with Gasteiger partial charge in [0, 0.05) is 12.5 Å². The molecule has 2 bridgehead atoms. The van der Waals surface area contributed by atoms with Crippen molar-refractivity contribution in [1.82, 2.24) is 0 Å². The van der Waals surface area contributed by atoms with Crippen LogP contribution >= 0.6 is 0 Å². The van der Waals surface area contributed by atoms with Crippen LogP contribution < -0.4 is 0 Å². The number of unbranched alkanes of at least 4 members (excludes halogenated alkanes) is 1. The molecule has 0 aromatic rings. The monoisotopic (exact) mass is 226 g/mol. The molecule has 92 valence electrons. The summed E-state index contributed by atoms with van der Waals surface area (Å²) in [5.41, 5.74) is 0. The highest BCUT2D eigenvalue weighted by Crippen LogP contribution is 2.50. The highest BCUT2D eigenvalue weighted by molar-refractivity contribution is 5.38. The zero-order valence-electron chi connectivity index (χ0n) is 10.2. The summed E-state index contributed by atoms with van der Waals surface area (Å²) in [6.45, 7) is 5.81. The third kappa shape index (κ3) is 2.10. The molecule has 3 nitrogen and oxygen atoms in total. The van der Waals surface area contributed by atoms with Gasteiger partial charge in [-0.3, -0.25) is 4.79 Å². The number of carbonyl (C=O) groups is 1. The van der Waals surface area contributed by atoms with E-state index in [1.807, 2.05) is 0 Å². The fourth-order valence-electron chi connectivity index (χ4n) is 3.41. The van der Waals surface area contributed by atoms with Crippen molar-refractivity contribution in [2.75, 3.05) is 6.61 Å². The van der Waals surface area contributed by atoms with E-state index in [-0.39, 0.29) is 12.2 Å². The predicted molar refractivity (Wildman–Crippen MR) is 61.0 cm³/mol. The average Bonchev–Trinajstić information content (AvgIpc) is 2.77. The number of rotatable bonds is 6. The Morgan fingerprint density at radius 3 is 2.81 bits per heavy atom. The highest BCUT2D eigenvalue weighted by Gasteiger charge is 2.53. The molecule has 2 saturated carbocycles. The molecular weight excluding hydrogens is 204 g/mol. The van der Waals surface area contributed by atoms with Gasteiger partial charge in [0.05, 0.1) is 6.10 Å². The third-order valence-electron chi connectivity index (χ3n) is 4.21. The second kappa shape index (κ2) is 5.17.